The van der Waals surface area contributed by atoms with Crippen molar-refractivity contribution in [2.75, 3.05) is 0 Å². The molecule has 4 rings (SSSR count). The monoisotopic (exact) mass is 387 g/mol. The van der Waals surface area contributed by atoms with Crippen molar-refractivity contribution in [1.82, 2.24) is 15.3 Å². The van der Waals surface area contributed by atoms with E-state index in [1.54, 1.807) is 54.1 Å². The topological polar surface area (TPSA) is 64.1 Å². The Hall–Kier alpha value is -3.51. The van der Waals surface area contributed by atoms with Gasteiger partial charge in [-0.2, -0.15) is 0 Å². The van der Waals surface area contributed by atoms with Gasteiger partial charge in [-0.15, -0.1) is 11.3 Å². The summed E-state index contributed by atoms with van der Waals surface area (Å²) in [5.74, 6) is 0.872. The Morgan fingerprint density at radius 1 is 1.04 bits per heavy atom. The fourth-order valence-corrected chi connectivity index (χ4v) is 3.38. The molecule has 0 radical (unpaired) electrons. The Morgan fingerprint density at radius 2 is 2.00 bits per heavy atom. The van der Waals surface area contributed by atoms with E-state index in [4.69, 9.17) is 4.74 Å². The molecule has 4 aromatic rings. The summed E-state index contributed by atoms with van der Waals surface area (Å²) in [6.07, 6.45) is 5.25. The summed E-state index contributed by atoms with van der Waals surface area (Å²) in [7, 11) is 0. The third kappa shape index (κ3) is 4.42. The largest absolute Gasteiger partial charge is 0.439 e. The first-order valence-electron chi connectivity index (χ1n) is 8.73. The highest BCUT2D eigenvalue weighted by Crippen LogP contribution is 2.24. The SMILES string of the molecule is O=C(NCc1cncc(-c2cccs2)c1)c1cccc(Oc2ccccn2)c1. The van der Waals surface area contributed by atoms with Gasteiger partial charge in [-0.25, -0.2) is 4.98 Å². The fourth-order valence-electron chi connectivity index (χ4n) is 2.68. The molecule has 5 nitrogen and oxygen atoms in total. The normalized spacial score (nSPS) is 10.4. The van der Waals surface area contributed by atoms with Crippen LogP contribution in [0, 0.1) is 0 Å². The number of hydrogen-bond donors (Lipinski definition) is 1. The van der Waals surface area contributed by atoms with Crippen molar-refractivity contribution in [3.8, 4) is 22.1 Å². The second-order valence-electron chi connectivity index (χ2n) is 6.04. The van der Waals surface area contributed by atoms with E-state index in [1.165, 1.54) is 0 Å². The van der Waals surface area contributed by atoms with Crippen LogP contribution in [0.4, 0.5) is 0 Å². The second-order valence-corrected chi connectivity index (χ2v) is 6.99. The molecule has 3 heterocycles. The van der Waals surface area contributed by atoms with Crippen LogP contribution in [0.5, 0.6) is 11.6 Å². The average molecular weight is 387 g/mol. The highest BCUT2D eigenvalue weighted by atomic mass is 32.1. The summed E-state index contributed by atoms with van der Waals surface area (Å²) < 4.78 is 5.69. The lowest BCUT2D eigenvalue weighted by molar-refractivity contribution is 0.0950. The zero-order chi connectivity index (χ0) is 19.2. The Bertz CT molecular complexity index is 1070. The minimum atomic E-state index is -0.173. The van der Waals surface area contributed by atoms with E-state index >= 15 is 0 Å². The molecular formula is C22H17N3O2S. The quantitative estimate of drug-likeness (QED) is 0.510. The first kappa shape index (κ1) is 17.9. The molecule has 0 saturated carbocycles. The van der Waals surface area contributed by atoms with Gasteiger partial charge >= 0.3 is 0 Å². The lowest BCUT2D eigenvalue weighted by atomic mass is 10.1. The van der Waals surface area contributed by atoms with E-state index < -0.39 is 0 Å². The van der Waals surface area contributed by atoms with E-state index in [9.17, 15) is 4.79 Å². The second kappa shape index (κ2) is 8.45. The third-order valence-corrected chi connectivity index (χ3v) is 4.93. The number of carbonyl (C=O) groups excluding carboxylic acids is 1. The van der Waals surface area contributed by atoms with Crippen LogP contribution < -0.4 is 10.1 Å². The molecule has 138 valence electrons. The highest BCUT2D eigenvalue weighted by Gasteiger charge is 2.08. The number of aromatic nitrogens is 2. The summed E-state index contributed by atoms with van der Waals surface area (Å²) in [5, 5.41) is 4.96. The molecule has 28 heavy (non-hydrogen) atoms. The lowest BCUT2D eigenvalue weighted by Gasteiger charge is -2.08. The Kier molecular flexibility index (Phi) is 5.40. The Labute approximate surface area is 166 Å². The number of rotatable bonds is 6. The molecule has 0 bridgehead atoms. The fraction of sp³-hybridized carbons (Fsp3) is 0.0455. The molecule has 0 spiro atoms. The number of pyridine rings is 2. The zero-order valence-electron chi connectivity index (χ0n) is 14.9. The van der Waals surface area contributed by atoms with Gasteiger partial charge in [-0.05, 0) is 47.3 Å². The first-order valence-corrected chi connectivity index (χ1v) is 9.61. The molecule has 0 aliphatic carbocycles. The molecule has 0 fully saturated rings. The van der Waals surface area contributed by atoms with Gasteiger partial charge in [0.25, 0.3) is 5.91 Å². The number of nitrogens with one attached hydrogen (secondary N) is 1. The van der Waals surface area contributed by atoms with E-state index in [0.29, 0.717) is 23.7 Å². The summed E-state index contributed by atoms with van der Waals surface area (Å²) in [6, 6.07) is 18.6. The van der Waals surface area contributed by atoms with Gasteiger partial charge in [0.2, 0.25) is 5.88 Å². The number of carbonyl (C=O) groups is 1. The molecule has 1 amide bonds. The molecule has 0 saturated heterocycles. The summed E-state index contributed by atoms with van der Waals surface area (Å²) >= 11 is 1.66. The zero-order valence-corrected chi connectivity index (χ0v) is 15.7. The molecule has 0 aliphatic heterocycles. The van der Waals surface area contributed by atoms with Gasteiger partial charge in [0.1, 0.15) is 5.75 Å². The number of thiophene rings is 1. The summed E-state index contributed by atoms with van der Waals surface area (Å²) in [5.41, 5.74) is 2.52. The molecular weight excluding hydrogens is 370 g/mol. The van der Waals surface area contributed by atoms with Crippen molar-refractivity contribution < 1.29 is 9.53 Å². The van der Waals surface area contributed by atoms with Crippen LogP contribution in [0.3, 0.4) is 0 Å². The van der Waals surface area contributed by atoms with Crippen LogP contribution in [0.1, 0.15) is 15.9 Å². The molecule has 1 aromatic carbocycles. The maximum atomic E-state index is 12.5. The molecule has 0 aliphatic rings. The van der Waals surface area contributed by atoms with Crippen molar-refractivity contribution in [3.63, 3.8) is 0 Å². The van der Waals surface area contributed by atoms with E-state index in [0.717, 1.165) is 16.0 Å². The van der Waals surface area contributed by atoms with Crippen LogP contribution >= 0.6 is 11.3 Å². The van der Waals surface area contributed by atoms with Crippen molar-refractivity contribution >= 4 is 17.2 Å². The van der Waals surface area contributed by atoms with E-state index in [2.05, 4.69) is 21.4 Å². The van der Waals surface area contributed by atoms with Gasteiger partial charge < -0.3 is 10.1 Å². The van der Waals surface area contributed by atoms with Gasteiger partial charge in [-0.3, -0.25) is 9.78 Å². The van der Waals surface area contributed by atoms with Crippen LogP contribution in [0.2, 0.25) is 0 Å². The predicted molar refractivity (Wildman–Crippen MR) is 109 cm³/mol. The van der Waals surface area contributed by atoms with E-state index in [-0.39, 0.29) is 5.91 Å². The first-order chi connectivity index (χ1) is 13.8. The Balaban J connectivity index is 1.42. The van der Waals surface area contributed by atoms with Crippen LogP contribution in [-0.4, -0.2) is 15.9 Å². The van der Waals surface area contributed by atoms with Crippen molar-refractivity contribution in [2.45, 2.75) is 6.54 Å². The van der Waals surface area contributed by atoms with Gasteiger partial charge in [0.05, 0.1) is 0 Å². The van der Waals surface area contributed by atoms with Crippen LogP contribution in [-0.2, 0) is 6.54 Å². The predicted octanol–water partition coefficient (Wildman–Crippen LogP) is 4.93. The minimum Gasteiger partial charge on any atom is -0.439 e. The maximum absolute atomic E-state index is 12.5. The minimum absolute atomic E-state index is 0.173. The average Bonchev–Trinajstić information content (AvgIpc) is 3.28. The number of benzene rings is 1. The number of nitrogens with zero attached hydrogens (tertiary/aromatic N) is 2. The van der Waals surface area contributed by atoms with Gasteiger partial charge in [0.15, 0.2) is 0 Å². The van der Waals surface area contributed by atoms with Crippen LogP contribution in [0.15, 0.2) is 84.6 Å². The van der Waals surface area contributed by atoms with Gasteiger partial charge in [-0.1, -0.05) is 18.2 Å². The van der Waals surface area contributed by atoms with E-state index in [1.807, 2.05) is 35.8 Å². The lowest BCUT2D eigenvalue weighted by Crippen LogP contribution is -2.22. The van der Waals surface area contributed by atoms with Crippen LogP contribution in [0.25, 0.3) is 10.4 Å². The molecule has 0 unspecified atom stereocenters. The third-order valence-electron chi connectivity index (χ3n) is 4.01. The summed E-state index contributed by atoms with van der Waals surface area (Å²) in [4.78, 5) is 22.1. The van der Waals surface area contributed by atoms with Crippen molar-refractivity contribution in [3.05, 3.63) is 95.8 Å². The smallest absolute Gasteiger partial charge is 0.251 e. The molecule has 6 heteroatoms. The highest BCUT2D eigenvalue weighted by molar-refractivity contribution is 7.13. The molecule has 0 atom stereocenters. The standard InChI is InChI=1S/C22H17N3O2S/c26-22(17-5-3-6-19(12-17)27-21-8-1-2-9-24-21)25-14-16-11-18(15-23-13-16)20-7-4-10-28-20/h1-13,15H,14H2,(H,25,26). The number of amides is 1. The van der Waals surface area contributed by atoms with Crippen molar-refractivity contribution in [1.29, 1.82) is 0 Å². The number of hydrogen-bond acceptors (Lipinski definition) is 5. The molecule has 1 N–H and O–H groups in total. The van der Waals surface area contributed by atoms with Gasteiger partial charge in [0, 0.05) is 47.2 Å². The van der Waals surface area contributed by atoms with Crippen molar-refractivity contribution in [2.24, 2.45) is 0 Å². The Morgan fingerprint density at radius 3 is 2.82 bits per heavy atom. The maximum Gasteiger partial charge on any atom is 0.251 e. The summed E-state index contributed by atoms with van der Waals surface area (Å²) in [6.45, 7) is 0.399. The molecule has 3 aromatic heterocycles. The number of ether oxygens (including phenoxy) is 1.